The molecule has 1 aromatic carbocycles. The first-order chi connectivity index (χ1) is 8.00. The molecular formula is C13H21NO3. The molecule has 0 aliphatic rings. The van der Waals surface area contributed by atoms with Gasteiger partial charge in [0.25, 0.3) is 0 Å². The van der Waals surface area contributed by atoms with Gasteiger partial charge in [-0.1, -0.05) is 0 Å². The molecule has 0 amide bonds. The van der Waals surface area contributed by atoms with E-state index >= 15 is 0 Å². The van der Waals surface area contributed by atoms with Crippen molar-refractivity contribution in [2.45, 2.75) is 25.9 Å². The molecule has 4 nitrogen and oxygen atoms in total. The minimum atomic E-state index is -0.295. The zero-order chi connectivity index (χ0) is 12.9. The van der Waals surface area contributed by atoms with E-state index in [2.05, 4.69) is 5.32 Å². The van der Waals surface area contributed by atoms with Crippen LogP contribution in [0.1, 0.15) is 19.4 Å². The van der Waals surface area contributed by atoms with E-state index in [1.807, 2.05) is 32.0 Å². The molecule has 0 atom stereocenters. The summed E-state index contributed by atoms with van der Waals surface area (Å²) in [6.45, 7) is 4.64. The zero-order valence-electron chi connectivity index (χ0n) is 10.9. The van der Waals surface area contributed by atoms with E-state index in [0.29, 0.717) is 6.54 Å². The number of nitrogens with one attached hydrogen (secondary N) is 1. The fourth-order valence-electron chi connectivity index (χ4n) is 1.37. The van der Waals surface area contributed by atoms with E-state index in [4.69, 9.17) is 14.6 Å². The van der Waals surface area contributed by atoms with Crippen molar-refractivity contribution in [1.82, 2.24) is 5.32 Å². The summed E-state index contributed by atoms with van der Waals surface area (Å²) in [5, 5.41) is 12.4. The highest BCUT2D eigenvalue weighted by Crippen LogP contribution is 2.22. The maximum Gasteiger partial charge on any atom is 0.122 e. The summed E-state index contributed by atoms with van der Waals surface area (Å²) >= 11 is 0. The fraction of sp³-hybridized carbons (Fsp3) is 0.538. The Morgan fingerprint density at radius 3 is 2.06 bits per heavy atom. The van der Waals surface area contributed by atoms with Crippen molar-refractivity contribution in [3.8, 4) is 11.5 Å². The van der Waals surface area contributed by atoms with Gasteiger partial charge in [0.05, 0.1) is 20.8 Å². The predicted molar refractivity (Wildman–Crippen MR) is 67.6 cm³/mol. The maximum absolute atomic E-state index is 9.16. The zero-order valence-corrected chi connectivity index (χ0v) is 10.9. The second kappa shape index (κ2) is 5.89. The molecule has 0 radical (unpaired) electrons. The van der Waals surface area contributed by atoms with Gasteiger partial charge in [-0.25, -0.2) is 0 Å². The van der Waals surface area contributed by atoms with Crippen molar-refractivity contribution >= 4 is 0 Å². The van der Waals surface area contributed by atoms with Gasteiger partial charge in [-0.3, -0.25) is 0 Å². The lowest BCUT2D eigenvalue weighted by atomic mass is 10.1. The van der Waals surface area contributed by atoms with Crippen molar-refractivity contribution in [3.63, 3.8) is 0 Å². The highest BCUT2D eigenvalue weighted by atomic mass is 16.5. The minimum Gasteiger partial charge on any atom is -0.497 e. The molecule has 2 N–H and O–H groups in total. The smallest absolute Gasteiger partial charge is 0.122 e. The van der Waals surface area contributed by atoms with E-state index in [1.54, 1.807) is 14.2 Å². The molecule has 0 heterocycles. The van der Waals surface area contributed by atoms with Gasteiger partial charge in [0.1, 0.15) is 11.5 Å². The third-order valence-electron chi connectivity index (χ3n) is 2.58. The molecule has 0 bridgehead atoms. The number of methoxy groups -OCH3 is 2. The molecule has 0 saturated carbocycles. The lowest BCUT2D eigenvalue weighted by molar-refractivity contribution is 0.187. The molecule has 0 fully saturated rings. The van der Waals surface area contributed by atoms with E-state index < -0.39 is 0 Å². The van der Waals surface area contributed by atoms with Gasteiger partial charge >= 0.3 is 0 Å². The predicted octanol–water partition coefficient (Wildman–Crippen LogP) is 1.56. The van der Waals surface area contributed by atoms with Crippen LogP contribution in [0.5, 0.6) is 11.5 Å². The Hall–Kier alpha value is -1.26. The van der Waals surface area contributed by atoms with Crippen LogP contribution in [0.15, 0.2) is 18.2 Å². The lowest BCUT2D eigenvalue weighted by Crippen LogP contribution is -2.42. The lowest BCUT2D eigenvalue weighted by Gasteiger charge is -2.23. The molecule has 17 heavy (non-hydrogen) atoms. The maximum atomic E-state index is 9.16. The average Bonchev–Trinajstić information content (AvgIpc) is 2.36. The topological polar surface area (TPSA) is 50.7 Å². The first-order valence-corrected chi connectivity index (χ1v) is 5.58. The van der Waals surface area contributed by atoms with Gasteiger partial charge in [0.15, 0.2) is 0 Å². The van der Waals surface area contributed by atoms with Gasteiger partial charge in [0, 0.05) is 18.2 Å². The van der Waals surface area contributed by atoms with E-state index in [9.17, 15) is 0 Å². The normalized spacial score (nSPS) is 11.4. The molecular weight excluding hydrogens is 218 g/mol. The average molecular weight is 239 g/mol. The van der Waals surface area contributed by atoms with Crippen LogP contribution in [0.2, 0.25) is 0 Å². The molecule has 96 valence electrons. The quantitative estimate of drug-likeness (QED) is 0.791. The van der Waals surface area contributed by atoms with Gasteiger partial charge in [0.2, 0.25) is 0 Å². The van der Waals surface area contributed by atoms with E-state index in [1.165, 1.54) is 0 Å². The van der Waals surface area contributed by atoms with Crippen LogP contribution in [0.4, 0.5) is 0 Å². The molecule has 0 unspecified atom stereocenters. The first-order valence-electron chi connectivity index (χ1n) is 5.58. The van der Waals surface area contributed by atoms with Crippen LogP contribution in [0, 0.1) is 0 Å². The van der Waals surface area contributed by atoms with Crippen LogP contribution >= 0.6 is 0 Å². The molecule has 0 aliphatic heterocycles. The Morgan fingerprint density at radius 1 is 1.12 bits per heavy atom. The molecule has 0 aromatic heterocycles. The molecule has 1 aromatic rings. The number of aliphatic hydroxyl groups excluding tert-OH is 1. The fourth-order valence-corrected chi connectivity index (χ4v) is 1.37. The highest BCUT2D eigenvalue weighted by Gasteiger charge is 2.15. The number of ether oxygens (including phenoxy) is 2. The van der Waals surface area contributed by atoms with Crippen LogP contribution < -0.4 is 14.8 Å². The van der Waals surface area contributed by atoms with Crippen LogP contribution in [-0.2, 0) is 6.54 Å². The summed E-state index contributed by atoms with van der Waals surface area (Å²) in [6.07, 6.45) is 0. The Balaban J connectivity index is 2.76. The molecule has 0 saturated heterocycles. The third kappa shape index (κ3) is 4.24. The number of aliphatic hydroxyl groups is 1. The van der Waals surface area contributed by atoms with Crippen LogP contribution in [0.25, 0.3) is 0 Å². The number of hydrogen-bond acceptors (Lipinski definition) is 4. The standard InChI is InChI=1S/C13H21NO3/c1-13(2,9-15)14-8-10-5-11(16-3)7-12(6-10)17-4/h5-7,14-15H,8-9H2,1-4H3. The van der Waals surface area contributed by atoms with Crippen LogP contribution in [-0.4, -0.2) is 31.5 Å². The van der Waals surface area contributed by atoms with Crippen molar-refractivity contribution in [3.05, 3.63) is 23.8 Å². The second-order valence-electron chi connectivity index (χ2n) is 4.62. The van der Waals surface area contributed by atoms with Gasteiger partial charge in [-0.05, 0) is 31.5 Å². The van der Waals surface area contributed by atoms with Crippen molar-refractivity contribution in [2.75, 3.05) is 20.8 Å². The molecule has 4 heteroatoms. The van der Waals surface area contributed by atoms with Crippen LogP contribution in [0.3, 0.4) is 0 Å². The summed E-state index contributed by atoms with van der Waals surface area (Å²) in [7, 11) is 3.26. The summed E-state index contributed by atoms with van der Waals surface area (Å²) in [4.78, 5) is 0. The Kier molecular flexibility index (Phi) is 4.78. The molecule has 1 rings (SSSR count). The number of hydrogen-bond donors (Lipinski definition) is 2. The van der Waals surface area contributed by atoms with E-state index in [0.717, 1.165) is 17.1 Å². The number of rotatable bonds is 6. The van der Waals surface area contributed by atoms with Crippen molar-refractivity contribution < 1.29 is 14.6 Å². The first kappa shape index (κ1) is 13.8. The highest BCUT2D eigenvalue weighted by molar-refractivity contribution is 5.38. The third-order valence-corrected chi connectivity index (χ3v) is 2.58. The largest absolute Gasteiger partial charge is 0.497 e. The van der Waals surface area contributed by atoms with E-state index in [-0.39, 0.29) is 12.1 Å². The summed E-state index contributed by atoms with van der Waals surface area (Å²) in [6, 6.07) is 5.73. The van der Waals surface area contributed by atoms with Gasteiger partial charge < -0.3 is 19.9 Å². The van der Waals surface area contributed by atoms with Gasteiger partial charge in [-0.2, -0.15) is 0 Å². The van der Waals surface area contributed by atoms with Crippen molar-refractivity contribution in [2.24, 2.45) is 0 Å². The Labute approximate surface area is 103 Å². The molecule has 0 spiro atoms. The summed E-state index contributed by atoms with van der Waals surface area (Å²) in [5.41, 5.74) is 0.763. The SMILES string of the molecule is COc1cc(CNC(C)(C)CO)cc(OC)c1. The second-order valence-corrected chi connectivity index (χ2v) is 4.62. The Morgan fingerprint density at radius 2 is 1.65 bits per heavy atom. The van der Waals surface area contributed by atoms with Crippen molar-refractivity contribution in [1.29, 1.82) is 0 Å². The molecule has 0 aliphatic carbocycles. The summed E-state index contributed by atoms with van der Waals surface area (Å²) in [5.74, 6) is 1.53. The summed E-state index contributed by atoms with van der Waals surface area (Å²) < 4.78 is 10.4. The number of benzene rings is 1. The van der Waals surface area contributed by atoms with Gasteiger partial charge in [-0.15, -0.1) is 0 Å². The monoisotopic (exact) mass is 239 g/mol. The minimum absolute atomic E-state index is 0.0914. The Bertz CT molecular complexity index is 341.